The zero-order chi connectivity index (χ0) is 14.7. The van der Waals surface area contributed by atoms with Gasteiger partial charge in [-0.05, 0) is 36.8 Å². The topological polar surface area (TPSA) is 52.3 Å². The number of carbonyl (C=O) groups is 1. The summed E-state index contributed by atoms with van der Waals surface area (Å²) >= 11 is 5.77. The third kappa shape index (κ3) is 3.08. The predicted octanol–water partition coefficient (Wildman–Crippen LogP) is 3.73. The van der Waals surface area contributed by atoms with E-state index in [9.17, 15) is 9.18 Å². The summed E-state index contributed by atoms with van der Waals surface area (Å²) in [7, 11) is 0. The van der Waals surface area contributed by atoms with Crippen LogP contribution >= 0.6 is 11.6 Å². The van der Waals surface area contributed by atoms with Crippen molar-refractivity contribution in [2.75, 3.05) is 5.73 Å². The van der Waals surface area contributed by atoms with Crippen molar-refractivity contribution in [1.82, 2.24) is 0 Å². The Labute approximate surface area is 121 Å². The highest BCUT2D eigenvalue weighted by atomic mass is 35.5. The number of anilines is 1. The molecule has 0 bridgehead atoms. The van der Waals surface area contributed by atoms with E-state index in [1.165, 1.54) is 18.2 Å². The maximum atomic E-state index is 13.5. The van der Waals surface area contributed by atoms with Crippen molar-refractivity contribution in [2.24, 2.45) is 0 Å². The lowest BCUT2D eigenvalue weighted by Gasteiger charge is -2.10. The van der Waals surface area contributed by atoms with E-state index in [0.29, 0.717) is 21.8 Å². The number of benzene rings is 2. The lowest BCUT2D eigenvalue weighted by atomic mass is 10.1. The van der Waals surface area contributed by atoms with E-state index in [1.54, 1.807) is 25.1 Å². The third-order valence-electron chi connectivity index (χ3n) is 2.88. The molecule has 5 heteroatoms. The standard InChI is InChI=1S/C15H13ClFNO2/c1-9-3-2-4-13(18)14(9)15(19)20-8-10-7-11(16)5-6-12(10)17/h2-7H,8,18H2,1H3. The zero-order valence-electron chi connectivity index (χ0n) is 10.8. The molecule has 0 radical (unpaired) electrons. The summed E-state index contributed by atoms with van der Waals surface area (Å²) in [5.74, 6) is -1.06. The monoisotopic (exact) mass is 293 g/mol. The van der Waals surface area contributed by atoms with Gasteiger partial charge in [0, 0.05) is 16.3 Å². The van der Waals surface area contributed by atoms with Gasteiger partial charge in [0.2, 0.25) is 0 Å². The number of rotatable bonds is 3. The molecule has 0 heterocycles. The molecule has 0 amide bonds. The number of nitrogen functional groups attached to an aromatic ring is 1. The Balaban J connectivity index is 2.15. The highest BCUT2D eigenvalue weighted by Crippen LogP contribution is 2.20. The average molecular weight is 294 g/mol. The van der Waals surface area contributed by atoms with Crippen LogP contribution in [0.1, 0.15) is 21.5 Å². The van der Waals surface area contributed by atoms with Crippen LogP contribution in [-0.4, -0.2) is 5.97 Å². The summed E-state index contributed by atoms with van der Waals surface area (Å²) in [5.41, 5.74) is 7.32. The Hall–Kier alpha value is -2.07. The minimum absolute atomic E-state index is 0.195. The first-order valence-corrected chi connectivity index (χ1v) is 6.33. The third-order valence-corrected chi connectivity index (χ3v) is 3.11. The Morgan fingerprint density at radius 1 is 1.35 bits per heavy atom. The highest BCUT2D eigenvalue weighted by Gasteiger charge is 2.15. The molecule has 3 nitrogen and oxygen atoms in total. The fourth-order valence-corrected chi connectivity index (χ4v) is 2.03. The first-order chi connectivity index (χ1) is 9.49. The van der Waals surface area contributed by atoms with E-state index in [0.717, 1.165) is 0 Å². The van der Waals surface area contributed by atoms with Crippen molar-refractivity contribution in [3.8, 4) is 0 Å². The Morgan fingerprint density at radius 3 is 2.80 bits per heavy atom. The SMILES string of the molecule is Cc1cccc(N)c1C(=O)OCc1cc(Cl)ccc1F. The van der Waals surface area contributed by atoms with Crippen molar-refractivity contribution in [2.45, 2.75) is 13.5 Å². The summed E-state index contributed by atoms with van der Waals surface area (Å²) in [6.07, 6.45) is 0. The second-order valence-corrected chi connectivity index (χ2v) is 4.79. The summed E-state index contributed by atoms with van der Waals surface area (Å²) < 4.78 is 18.6. The van der Waals surface area contributed by atoms with Crippen LogP contribution in [0, 0.1) is 12.7 Å². The van der Waals surface area contributed by atoms with Crippen LogP contribution in [0.15, 0.2) is 36.4 Å². The van der Waals surface area contributed by atoms with Gasteiger partial charge in [-0.1, -0.05) is 23.7 Å². The van der Waals surface area contributed by atoms with Crippen molar-refractivity contribution < 1.29 is 13.9 Å². The largest absolute Gasteiger partial charge is 0.457 e. The molecule has 0 aliphatic rings. The number of hydrogen-bond donors (Lipinski definition) is 1. The van der Waals surface area contributed by atoms with Crippen molar-refractivity contribution in [3.63, 3.8) is 0 Å². The minimum Gasteiger partial charge on any atom is -0.457 e. The van der Waals surface area contributed by atoms with Gasteiger partial charge in [-0.15, -0.1) is 0 Å². The molecule has 104 valence electrons. The van der Waals surface area contributed by atoms with Gasteiger partial charge in [0.25, 0.3) is 0 Å². The minimum atomic E-state index is -0.583. The lowest BCUT2D eigenvalue weighted by molar-refractivity contribution is 0.0469. The Morgan fingerprint density at radius 2 is 2.10 bits per heavy atom. The van der Waals surface area contributed by atoms with E-state index in [4.69, 9.17) is 22.1 Å². The first kappa shape index (κ1) is 14.3. The number of carbonyl (C=O) groups excluding carboxylic acids is 1. The number of halogens is 2. The van der Waals surface area contributed by atoms with E-state index in [2.05, 4.69) is 0 Å². The molecule has 0 fully saturated rings. The fraction of sp³-hybridized carbons (Fsp3) is 0.133. The number of nitrogens with two attached hydrogens (primary N) is 1. The van der Waals surface area contributed by atoms with Gasteiger partial charge in [0.05, 0.1) is 5.56 Å². The predicted molar refractivity (Wildman–Crippen MR) is 76.1 cm³/mol. The second-order valence-electron chi connectivity index (χ2n) is 4.35. The molecule has 2 aromatic rings. The average Bonchev–Trinajstić information content (AvgIpc) is 2.39. The lowest BCUT2D eigenvalue weighted by Crippen LogP contribution is -2.10. The molecule has 0 saturated heterocycles. The molecule has 0 saturated carbocycles. The van der Waals surface area contributed by atoms with E-state index in [-0.39, 0.29) is 12.2 Å². The quantitative estimate of drug-likeness (QED) is 0.693. The molecule has 0 spiro atoms. The van der Waals surface area contributed by atoms with Crippen LogP contribution in [0.5, 0.6) is 0 Å². The number of ether oxygens (including phenoxy) is 1. The maximum absolute atomic E-state index is 13.5. The molecule has 2 aromatic carbocycles. The maximum Gasteiger partial charge on any atom is 0.340 e. The zero-order valence-corrected chi connectivity index (χ0v) is 11.6. The van der Waals surface area contributed by atoms with Crippen molar-refractivity contribution in [3.05, 3.63) is 63.9 Å². The molecular formula is C15H13ClFNO2. The second kappa shape index (κ2) is 5.92. The van der Waals surface area contributed by atoms with Gasteiger partial charge in [0.1, 0.15) is 12.4 Å². The van der Waals surface area contributed by atoms with Gasteiger partial charge in [-0.3, -0.25) is 0 Å². The van der Waals surface area contributed by atoms with Crippen LogP contribution in [0.4, 0.5) is 10.1 Å². The fourth-order valence-electron chi connectivity index (χ4n) is 1.84. The molecule has 0 unspecified atom stereocenters. The van der Waals surface area contributed by atoms with E-state index >= 15 is 0 Å². The molecule has 20 heavy (non-hydrogen) atoms. The van der Waals surface area contributed by atoms with E-state index < -0.39 is 11.8 Å². The molecule has 0 aliphatic carbocycles. The Kier molecular flexibility index (Phi) is 4.25. The van der Waals surface area contributed by atoms with Gasteiger partial charge in [-0.25, -0.2) is 9.18 Å². The van der Waals surface area contributed by atoms with Crippen LogP contribution in [0.25, 0.3) is 0 Å². The molecule has 0 aliphatic heterocycles. The molecular weight excluding hydrogens is 281 g/mol. The normalized spacial score (nSPS) is 10.3. The summed E-state index contributed by atoms with van der Waals surface area (Å²) in [5, 5.41) is 0.382. The highest BCUT2D eigenvalue weighted by molar-refractivity contribution is 6.30. The molecule has 0 atom stereocenters. The van der Waals surface area contributed by atoms with Gasteiger partial charge in [-0.2, -0.15) is 0 Å². The van der Waals surface area contributed by atoms with Crippen molar-refractivity contribution in [1.29, 1.82) is 0 Å². The summed E-state index contributed by atoms with van der Waals surface area (Å²) in [6.45, 7) is 1.56. The van der Waals surface area contributed by atoms with Gasteiger partial charge < -0.3 is 10.5 Å². The summed E-state index contributed by atoms with van der Waals surface area (Å²) in [6, 6.07) is 9.20. The number of esters is 1. The van der Waals surface area contributed by atoms with Crippen molar-refractivity contribution >= 4 is 23.3 Å². The smallest absolute Gasteiger partial charge is 0.340 e. The van der Waals surface area contributed by atoms with Gasteiger partial charge >= 0.3 is 5.97 Å². The van der Waals surface area contributed by atoms with Gasteiger partial charge in [0.15, 0.2) is 0 Å². The van der Waals surface area contributed by atoms with Crippen LogP contribution in [-0.2, 0) is 11.3 Å². The molecule has 0 aromatic heterocycles. The number of hydrogen-bond acceptors (Lipinski definition) is 3. The van der Waals surface area contributed by atoms with Crippen LogP contribution in [0.3, 0.4) is 0 Å². The molecule has 2 rings (SSSR count). The Bertz CT molecular complexity index is 638. The first-order valence-electron chi connectivity index (χ1n) is 5.95. The summed E-state index contributed by atoms with van der Waals surface area (Å²) in [4.78, 5) is 12.0. The van der Waals surface area contributed by atoms with E-state index in [1.807, 2.05) is 0 Å². The molecule has 2 N–H and O–H groups in total. The van der Waals surface area contributed by atoms with Crippen LogP contribution in [0.2, 0.25) is 5.02 Å². The number of aryl methyl sites for hydroxylation is 1. The van der Waals surface area contributed by atoms with Crippen LogP contribution < -0.4 is 5.73 Å².